The highest BCUT2D eigenvalue weighted by atomic mass is 15.3. The van der Waals surface area contributed by atoms with Crippen LogP contribution in [0.25, 0.3) is 0 Å². The zero-order valence-corrected chi connectivity index (χ0v) is 9.54. The Bertz CT molecular complexity index is 472. The van der Waals surface area contributed by atoms with Gasteiger partial charge >= 0.3 is 0 Å². The number of nitrogens with two attached hydrogens (primary N) is 1. The third kappa shape index (κ3) is 2.88. The maximum Gasteiger partial charge on any atom is 0.145 e. The minimum Gasteiger partial charge on any atom is -0.355 e. The second kappa shape index (κ2) is 5.22. The van der Waals surface area contributed by atoms with Crippen molar-refractivity contribution in [3.63, 3.8) is 0 Å². The molecule has 0 saturated heterocycles. The standard InChI is InChI=1S/C11H14N6/c1-17(7-9-3-2-4-13-6-9)11-5-10(16-12)14-8-15-11/h2-6,8H,7,12H2,1H3,(H,14,15,16). The number of nitrogen functional groups attached to an aromatic ring is 1. The van der Waals surface area contributed by atoms with Crippen molar-refractivity contribution >= 4 is 11.6 Å². The van der Waals surface area contributed by atoms with Gasteiger partial charge in [0.25, 0.3) is 0 Å². The summed E-state index contributed by atoms with van der Waals surface area (Å²) >= 11 is 0. The van der Waals surface area contributed by atoms with Gasteiger partial charge in [-0.25, -0.2) is 15.8 Å². The van der Waals surface area contributed by atoms with Crippen molar-refractivity contribution in [2.45, 2.75) is 6.54 Å². The van der Waals surface area contributed by atoms with E-state index in [1.807, 2.05) is 30.3 Å². The molecule has 0 aromatic carbocycles. The SMILES string of the molecule is CN(Cc1cccnc1)c1cc(NN)ncn1. The van der Waals surface area contributed by atoms with Gasteiger partial charge in [-0.2, -0.15) is 0 Å². The number of nitrogens with zero attached hydrogens (tertiary/aromatic N) is 4. The summed E-state index contributed by atoms with van der Waals surface area (Å²) in [5, 5.41) is 0. The second-order valence-corrected chi connectivity index (χ2v) is 3.62. The third-order valence-electron chi connectivity index (χ3n) is 2.33. The van der Waals surface area contributed by atoms with Gasteiger partial charge in [0.2, 0.25) is 0 Å². The number of rotatable bonds is 4. The molecule has 6 nitrogen and oxygen atoms in total. The molecule has 2 heterocycles. The number of anilines is 2. The molecule has 0 saturated carbocycles. The first-order chi connectivity index (χ1) is 8.29. The van der Waals surface area contributed by atoms with Crippen LogP contribution in [0, 0.1) is 0 Å². The highest BCUT2D eigenvalue weighted by Crippen LogP contribution is 2.14. The molecule has 88 valence electrons. The van der Waals surface area contributed by atoms with E-state index in [4.69, 9.17) is 5.84 Å². The zero-order valence-electron chi connectivity index (χ0n) is 9.54. The van der Waals surface area contributed by atoms with E-state index in [1.165, 1.54) is 6.33 Å². The van der Waals surface area contributed by atoms with Crippen LogP contribution >= 0.6 is 0 Å². The molecule has 0 aliphatic heterocycles. The van der Waals surface area contributed by atoms with Gasteiger partial charge < -0.3 is 10.3 Å². The molecule has 0 fully saturated rings. The van der Waals surface area contributed by atoms with Crippen molar-refractivity contribution in [3.05, 3.63) is 42.5 Å². The summed E-state index contributed by atoms with van der Waals surface area (Å²) in [5.74, 6) is 6.70. The number of hydrazine groups is 1. The van der Waals surface area contributed by atoms with Gasteiger partial charge in [-0.1, -0.05) is 6.07 Å². The number of hydrogen-bond acceptors (Lipinski definition) is 6. The lowest BCUT2D eigenvalue weighted by Gasteiger charge is -2.18. The molecule has 3 N–H and O–H groups in total. The van der Waals surface area contributed by atoms with Gasteiger partial charge in [-0.05, 0) is 11.6 Å². The minimum atomic E-state index is 0.591. The summed E-state index contributed by atoms with van der Waals surface area (Å²) < 4.78 is 0. The van der Waals surface area contributed by atoms with E-state index >= 15 is 0 Å². The number of aromatic nitrogens is 3. The summed E-state index contributed by atoms with van der Waals surface area (Å²) in [7, 11) is 1.95. The van der Waals surface area contributed by atoms with Crippen molar-refractivity contribution in [2.75, 3.05) is 17.4 Å². The molecule has 0 bridgehead atoms. The van der Waals surface area contributed by atoms with Crippen LogP contribution in [0.3, 0.4) is 0 Å². The molecule has 2 rings (SSSR count). The molecule has 0 aliphatic rings. The number of hydrogen-bond donors (Lipinski definition) is 2. The topological polar surface area (TPSA) is 80.0 Å². The second-order valence-electron chi connectivity index (χ2n) is 3.62. The van der Waals surface area contributed by atoms with Crippen LogP contribution in [0.4, 0.5) is 11.6 Å². The number of pyridine rings is 1. The van der Waals surface area contributed by atoms with Crippen LogP contribution in [0.5, 0.6) is 0 Å². The normalized spacial score (nSPS) is 10.0. The fourth-order valence-electron chi connectivity index (χ4n) is 1.48. The van der Waals surface area contributed by atoms with Crippen molar-refractivity contribution in [2.24, 2.45) is 5.84 Å². The Morgan fingerprint density at radius 2 is 2.29 bits per heavy atom. The summed E-state index contributed by atoms with van der Waals surface area (Å²) in [6.45, 7) is 0.731. The maximum atomic E-state index is 5.30. The molecule has 0 spiro atoms. The van der Waals surface area contributed by atoms with E-state index in [0.29, 0.717) is 5.82 Å². The van der Waals surface area contributed by atoms with Gasteiger partial charge in [0.1, 0.15) is 18.0 Å². The van der Waals surface area contributed by atoms with E-state index in [2.05, 4.69) is 20.4 Å². The van der Waals surface area contributed by atoms with Gasteiger partial charge in [-0.15, -0.1) is 0 Å². The number of nitrogens with one attached hydrogen (secondary N) is 1. The van der Waals surface area contributed by atoms with E-state index in [9.17, 15) is 0 Å². The Hall–Kier alpha value is -2.21. The van der Waals surface area contributed by atoms with Gasteiger partial charge in [0, 0.05) is 32.1 Å². The van der Waals surface area contributed by atoms with Crippen LogP contribution in [-0.2, 0) is 6.54 Å². The van der Waals surface area contributed by atoms with Crippen molar-refractivity contribution in [3.8, 4) is 0 Å². The van der Waals surface area contributed by atoms with Crippen LogP contribution in [0.15, 0.2) is 36.9 Å². The molecule has 2 aromatic heterocycles. The smallest absolute Gasteiger partial charge is 0.145 e. The van der Waals surface area contributed by atoms with Crippen LogP contribution in [-0.4, -0.2) is 22.0 Å². The fourth-order valence-corrected chi connectivity index (χ4v) is 1.48. The van der Waals surface area contributed by atoms with Crippen molar-refractivity contribution in [1.82, 2.24) is 15.0 Å². The lowest BCUT2D eigenvalue weighted by atomic mass is 10.3. The quantitative estimate of drug-likeness (QED) is 0.597. The molecule has 0 radical (unpaired) electrons. The molecule has 6 heteroatoms. The van der Waals surface area contributed by atoms with Crippen LogP contribution in [0.1, 0.15) is 5.56 Å². The molecule has 0 amide bonds. The molecule has 0 unspecified atom stereocenters. The summed E-state index contributed by atoms with van der Waals surface area (Å²) in [4.78, 5) is 14.2. The first-order valence-electron chi connectivity index (χ1n) is 5.18. The van der Waals surface area contributed by atoms with E-state index in [0.717, 1.165) is 17.9 Å². The van der Waals surface area contributed by atoms with E-state index in [1.54, 1.807) is 12.3 Å². The molecule has 0 atom stereocenters. The van der Waals surface area contributed by atoms with Gasteiger partial charge in [0.15, 0.2) is 0 Å². The summed E-state index contributed by atoms with van der Waals surface area (Å²) in [6, 6.07) is 5.72. The molecular formula is C11H14N6. The first kappa shape index (κ1) is 11.3. The summed E-state index contributed by atoms with van der Waals surface area (Å²) in [6.07, 6.45) is 5.06. The lowest BCUT2D eigenvalue weighted by Crippen LogP contribution is -2.18. The van der Waals surface area contributed by atoms with Gasteiger partial charge in [-0.3, -0.25) is 4.98 Å². The monoisotopic (exact) mass is 230 g/mol. The van der Waals surface area contributed by atoms with Crippen molar-refractivity contribution < 1.29 is 0 Å². The molecule has 0 aliphatic carbocycles. The van der Waals surface area contributed by atoms with E-state index < -0.39 is 0 Å². The first-order valence-corrected chi connectivity index (χ1v) is 5.18. The van der Waals surface area contributed by atoms with Gasteiger partial charge in [0.05, 0.1) is 0 Å². The molecule has 17 heavy (non-hydrogen) atoms. The zero-order chi connectivity index (χ0) is 12.1. The van der Waals surface area contributed by atoms with Crippen LogP contribution < -0.4 is 16.2 Å². The third-order valence-corrected chi connectivity index (χ3v) is 2.33. The summed E-state index contributed by atoms with van der Waals surface area (Å²) in [5.41, 5.74) is 3.62. The maximum absolute atomic E-state index is 5.30. The average Bonchev–Trinajstić information content (AvgIpc) is 2.40. The largest absolute Gasteiger partial charge is 0.355 e. The predicted octanol–water partition coefficient (Wildman–Crippen LogP) is 0.794. The Morgan fingerprint density at radius 3 is 3.00 bits per heavy atom. The Kier molecular flexibility index (Phi) is 3.46. The van der Waals surface area contributed by atoms with Crippen molar-refractivity contribution in [1.29, 1.82) is 0 Å². The average molecular weight is 230 g/mol. The van der Waals surface area contributed by atoms with Crippen LogP contribution in [0.2, 0.25) is 0 Å². The Morgan fingerprint density at radius 1 is 1.41 bits per heavy atom. The molecule has 2 aromatic rings. The lowest BCUT2D eigenvalue weighted by molar-refractivity contribution is 0.885. The Balaban J connectivity index is 2.11. The minimum absolute atomic E-state index is 0.591. The predicted molar refractivity (Wildman–Crippen MR) is 66.2 cm³/mol. The molecular weight excluding hydrogens is 216 g/mol. The Labute approximate surface area is 99.5 Å². The highest BCUT2D eigenvalue weighted by Gasteiger charge is 2.04. The fraction of sp³-hybridized carbons (Fsp3) is 0.182. The highest BCUT2D eigenvalue weighted by molar-refractivity contribution is 5.47. The van der Waals surface area contributed by atoms with E-state index in [-0.39, 0.29) is 0 Å².